The van der Waals surface area contributed by atoms with Gasteiger partial charge in [-0.15, -0.1) is 0 Å². The normalized spacial score (nSPS) is 12.5. The van der Waals surface area contributed by atoms with Gasteiger partial charge >= 0.3 is 0 Å². The maximum Gasteiger partial charge on any atom is 0.242 e. The molecule has 8 heteroatoms. The van der Waals surface area contributed by atoms with Gasteiger partial charge in [-0.25, -0.2) is 8.42 Å². The van der Waals surface area contributed by atoms with E-state index in [4.69, 9.17) is 16.3 Å². The van der Waals surface area contributed by atoms with Crippen LogP contribution < -0.4 is 14.8 Å². The Hall–Kier alpha value is -2.09. The molecule has 146 valence electrons. The number of ether oxygens (including phenoxy) is 1. The van der Waals surface area contributed by atoms with Gasteiger partial charge in [0.1, 0.15) is 5.75 Å². The molecule has 1 amide bonds. The maximum atomic E-state index is 12.5. The highest BCUT2D eigenvalue weighted by molar-refractivity contribution is 7.89. The second-order valence-corrected chi connectivity index (χ2v) is 8.28. The molecule has 2 aromatic carbocycles. The van der Waals surface area contributed by atoms with Crippen LogP contribution in [0.15, 0.2) is 41.3 Å². The van der Waals surface area contributed by atoms with E-state index in [9.17, 15) is 13.2 Å². The number of sulfonamides is 1. The van der Waals surface area contributed by atoms with Gasteiger partial charge in [0.05, 0.1) is 22.6 Å². The number of rotatable bonds is 7. The fourth-order valence-electron chi connectivity index (χ4n) is 2.35. The van der Waals surface area contributed by atoms with Crippen LogP contribution in [0, 0.1) is 13.8 Å². The smallest absolute Gasteiger partial charge is 0.242 e. The van der Waals surface area contributed by atoms with E-state index in [-0.39, 0.29) is 9.92 Å². The van der Waals surface area contributed by atoms with Crippen molar-refractivity contribution in [1.82, 2.24) is 4.72 Å². The Balaban J connectivity index is 2.10. The zero-order valence-corrected chi connectivity index (χ0v) is 17.2. The second kappa shape index (κ2) is 8.73. The van der Waals surface area contributed by atoms with Crippen molar-refractivity contribution in [3.8, 4) is 5.75 Å². The molecule has 27 heavy (non-hydrogen) atoms. The summed E-state index contributed by atoms with van der Waals surface area (Å²) >= 11 is 6.05. The lowest BCUT2D eigenvalue weighted by Crippen LogP contribution is -2.41. The Kier molecular flexibility index (Phi) is 6.86. The van der Waals surface area contributed by atoms with Gasteiger partial charge in [-0.2, -0.15) is 4.72 Å². The summed E-state index contributed by atoms with van der Waals surface area (Å²) in [5.74, 6) is -0.0579. The van der Waals surface area contributed by atoms with Crippen LogP contribution in [0.3, 0.4) is 0 Å². The van der Waals surface area contributed by atoms with Gasteiger partial charge in [0, 0.05) is 5.69 Å². The number of carbonyl (C=O) groups is 1. The Labute approximate surface area is 164 Å². The van der Waals surface area contributed by atoms with Crippen molar-refractivity contribution in [2.24, 2.45) is 0 Å². The molecule has 0 saturated heterocycles. The molecule has 2 rings (SSSR count). The molecule has 0 heterocycles. The summed E-state index contributed by atoms with van der Waals surface area (Å²) in [4.78, 5) is 12.3. The van der Waals surface area contributed by atoms with Crippen molar-refractivity contribution in [3.63, 3.8) is 0 Å². The maximum absolute atomic E-state index is 12.5. The molecule has 2 N–H and O–H groups in total. The van der Waals surface area contributed by atoms with Crippen molar-refractivity contribution in [3.05, 3.63) is 52.5 Å². The number of halogens is 1. The number of benzene rings is 2. The van der Waals surface area contributed by atoms with E-state index >= 15 is 0 Å². The number of amides is 1. The summed E-state index contributed by atoms with van der Waals surface area (Å²) in [6, 6.07) is 8.69. The van der Waals surface area contributed by atoms with Gasteiger partial charge in [-0.1, -0.05) is 17.7 Å². The topological polar surface area (TPSA) is 84.5 Å². The number of nitrogens with one attached hydrogen (secondary N) is 2. The minimum atomic E-state index is -3.92. The lowest BCUT2D eigenvalue weighted by molar-refractivity contribution is -0.117. The molecule has 0 saturated carbocycles. The number of carbonyl (C=O) groups excluding carboxylic acids is 1. The van der Waals surface area contributed by atoms with E-state index < -0.39 is 22.0 Å². The van der Waals surface area contributed by atoms with Crippen LogP contribution in [0.5, 0.6) is 5.75 Å². The zero-order valence-electron chi connectivity index (χ0n) is 15.7. The second-order valence-electron chi connectivity index (χ2n) is 6.16. The number of aryl methyl sites for hydroxylation is 2. The molecule has 0 aromatic heterocycles. The summed E-state index contributed by atoms with van der Waals surface area (Å²) in [7, 11) is -3.92. The molecule has 0 radical (unpaired) electrons. The summed E-state index contributed by atoms with van der Waals surface area (Å²) < 4.78 is 32.7. The van der Waals surface area contributed by atoms with E-state index in [2.05, 4.69) is 10.0 Å². The molecular formula is C19H23ClN2O4S. The Bertz CT molecular complexity index is 945. The van der Waals surface area contributed by atoms with E-state index in [0.717, 1.165) is 11.1 Å². The standard InChI is InChI=1S/C19H23ClN2O4S/c1-5-26-18-9-8-16(11-17(18)20)27(24,25)22-14(4)19(23)21-15-7-6-12(2)13(3)10-15/h6-11,14,22H,5H2,1-4H3,(H,21,23)/t14-/m1/s1. The predicted molar refractivity (Wildman–Crippen MR) is 107 cm³/mol. The van der Waals surface area contributed by atoms with Crippen LogP contribution in [0.2, 0.25) is 5.02 Å². The average molecular weight is 411 g/mol. The van der Waals surface area contributed by atoms with E-state index in [1.165, 1.54) is 25.1 Å². The third kappa shape index (κ3) is 5.45. The molecule has 0 bridgehead atoms. The summed E-state index contributed by atoms with van der Waals surface area (Å²) in [5.41, 5.74) is 2.75. The van der Waals surface area contributed by atoms with Crippen molar-refractivity contribution < 1.29 is 17.9 Å². The molecule has 1 atom stereocenters. The highest BCUT2D eigenvalue weighted by Crippen LogP contribution is 2.27. The zero-order chi connectivity index (χ0) is 20.2. The molecule has 0 fully saturated rings. The quantitative estimate of drug-likeness (QED) is 0.729. The largest absolute Gasteiger partial charge is 0.492 e. The fourth-order valence-corrected chi connectivity index (χ4v) is 3.87. The SMILES string of the molecule is CCOc1ccc(S(=O)(=O)N[C@H](C)C(=O)Nc2ccc(C)c(C)c2)cc1Cl. The highest BCUT2D eigenvalue weighted by atomic mass is 35.5. The number of hydrogen-bond acceptors (Lipinski definition) is 4. The molecule has 6 nitrogen and oxygen atoms in total. The molecule has 0 aliphatic heterocycles. The summed E-state index contributed by atoms with van der Waals surface area (Å²) in [5, 5.41) is 2.90. The van der Waals surface area contributed by atoms with Gasteiger partial charge < -0.3 is 10.1 Å². The highest BCUT2D eigenvalue weighted by Gasteiger charge is 2.23. The first-order valence-electron chi connectivity index (χ1n) is 8.47. The minimum absolute atomic E-state index is 0.0400. The van der Waals surface area contributed by atoms with Crippen LogP contribution >= 0.6 is 11.6 Å². The predicted octanol–water partition coefficient (Wildman–Crippen LogP) is 3.66. The van der Waals surface area contributed by atoms with Gasteiger partial charge in [0.25, 0.3) is 0 Å². The molecule has 0 spiro atoms. The monoisotopic (exact) mass is 410 g/mol. The number of anilines is 1. The Morgan fingerprint density at radius 1 is 1.15 bits per heavy atom. The van der Waals surface area contributed by atoms with Crippen LogP contribution in [0.1, 0.15) is 25.0 Å². The van der Waals surface area contributed by atoms with Crippen molar-refractivity contribution in [2.45, 2.75) is 38.6 Å². The van der Waals surface area contributed by atoms with Crippen molar-refractivity contribution in [1.29, 1.82) is 0 Å². The van der Waals surface area contributed by atoms with Crippen LogP contribution in [0.4, 0.5) is 5.69 Å². The third-order valence-electron chi connectivity index (χ3n) is 4.01. The third-order valence-corrected chi connectivity index (χ3v) is 5.85. The lowest BCUT2D eigenvalue weighted by atomic mass is 10.1. The Morgan fingerprint density at radius 2 is 1.85 bits per heavy atom. The van der Waals surface area contributed by atoms with Crippen LogP contribution in [0.25, 0.3) is 0 Å². The first-order chi connectivity index (χ1) is 12.6. The summed E-state index contributed by atoms with van der Waals surface area (Å²) in [6.07, 6.45) is 0. The molecule has 0 unspecified atom stereocenters. The molecular weight excluding hydrogens is 388 g/mol. The fraction of sp³-hybridized carbons (Fsp3) is 0.316. The molecule has 2 aromatic rings. The van der Waals surface area contributed by atoms with Gasteiger partial charge in [0.15, 0.2) is 0 Å². The van der Waals surface area contributed by atoms with E-state index in [1.54, 1.807) is 13.0 Å². The number of hydrogen-bond donors (Lipinski definition) is 2. The average Bonchev–Trinajstić information content (AvgIpc) is 2.59. The molecule has 0 aliphatic carbocycles. The Morgan fingerprint density at radius 3 is 2.44 bits per heavy atom. The van der Waals surface area contributed by atoms with Crippen molar-refractivity contribution in [2.75, 3.05) is 11.9 Å². The molecule has 0 aliphatic rings. The van der Waals surface area contributed by atoms with Crippen molar-refractivity contribution >= 4 is 33.2 Å². The first kappa shape index (κ1) is 21.2. The first-order valence-corrected chi connectivity index (χ1v) is 10.3. The van der Waals surface area contributed by atoms with Crippen LogP contribution in [-0.4, -0.2) is 27.0 Å². The van der Waals surface area contributed by atoms with E-state index in [0.29, 0.717) is 18.0 Å². The summed E-state index contributed by atoms with van der Waals surface area (Å²) in [6.45, 7) is 7.61. The minimum Gasteiger partial charge on any atom is -0.492 e. The lowest BCUT2D eigenvalue weighted by Gasteiger charge is -2.16. The van der Waals surface area contributed by atoms with Gasteiger partial charge in [0.2, 0.25) is 15.9 Å². The van der Waals surface area contributed by atoms with Gasteiger partial charge in [-0.05, 0) is 69.2 Å². The van der Waals surface area contributed by atoms with Crippen LogP contribution in [-0.2, 0) is 14.8 Å². The van der Waals surface area contributed by atoms with Gasteiger partial charge in [-0.3, -0.25) is 4.79 Å². The van der Waals surface area contributed by atoms with E-state index in [1.807, 2.05) is 26.0 Å².